The van der Waals surface area contributed by atoms with Crippen LogP contribution < -0.4 is 5.73 Å². The molecular weight excluding hydrogens is 260 g/mol. The summed E-state index contributed by atoms with van der Waals surface area (Å²) in [5.74, 6) is 0.638. The van der Waals surface area contributed by atoms with Crippen LogP contribution in [0.5, 0.6) is 0 Å². The Labute approximate surface area is 93.5 Å². The highest BCUT2D eigenvalue weighted by molar-refractivity contribution is 9.10. The standard InChI is InChI=1S/C8H5BrN6/c9-6-1-5(11)3-12-8(6)15-4-13-7(2-10)14-15/h1,3-4H,11H2. The van der Waals surface area contributed by atoms with Crippen molar-refractivity contribution in [3.05, 3.63) is 28.9 Å². The van der Waals surface area contributed by atoms with Gasteiger partial charge in [-0.2, -0.15) is 5.26 Å². The van der Waals surface area contributed by atoms with Gasteiger partial charge in [0, 0.05) is 0 Å². The van der Waals surface area contributed by atoms with Crippen LogP contribution in [0.15, 0.2) is 23.1 Å². The normalized spacial score (nSPS) is 9.87. The second kappa shape index (κ2) is 3.67. The van der Waals surface area contributed by atoms with Crippen molar-refractivity contribution in [3.63, 3.8) is 0 Å². The third kappa shape index (κ3) is 1.80. The molecule has 0 fully saturated rings. The molecule has 15 heavy (non-hydrogen) atoms. The molecule has 0 bridgehead atoms. The molecule has 0 spiro atoms. The van der Waals surface area contributed by atoms with Crippen molar-refractivity contribution >= 4 is 21.6 Å². The molecule has 0 saturated heterocycles. The number of hydrogen-bond acceptors (Lipinski definition) is 5. The Morgan fingerprint density at radius 3 is 2.87 bits per heavy atom. The number of hydrogen-bond donors (Lipinski definition) is 1. The van der Waals surface area contributed by atoms with E-state index >= 15 is 0 Å². The molecule has 0 aliphatic heterocycles. The first-order chi connectivity index (χ1) is 7.20. The molecule has 0 saturated carbocycles. The van der Waals surface area contributed by atoms with Gasteiger partial charge in [0.1, 0.15) is 12.4 Å². The molecule has 2 rings (SSSR count). The van der Waals surface area contributed by atoms with E-state index < -0.39 is 0 Å². The number of rotatable bonds is 1. The van der Waals surface area contributed by atoms with Gasteiger partial charge in [0.15, 0.2) is 5.82 Å². The minimum atomic E-state index is 0.0977. The maximum Gasteiger partial charge on any atom is 0.252 e. The van der Waals surface area contributed by atoms with Gasteiger partial charge in [-0.3, -0.25) is 0 Å². The average Bonchev–Trinajstić information content (AvgIpc) is 2.66. The topological polar surface area (TPSA) is 93.4 Å². The first-order valence-electron chi connectivity index (χ1n) is 3.94. The molecule has 2 heterocycles. The highest BCUT2D eigenvalue weighted by atomic mass is 79.9. The van der Waals surface area contributed by atoms with Crippen molar-refractivity contribution in [2.75, 3.05) is 5.73 Å². The van der Waals surface area contributed by atoms with E-state index in [-0.39, 0.29) is 5.82 Å². The number of aromatic nitrogens is 4. The molecule has 0 unspecified atom stereocenters. The summed E-state index contributed by atoms with van der Waals surface area (Å²) in [7, 11) is 0. The lowest BCUT2D eigenvalue weighted by molar-refractivity contribution is 0.836. The second-order valence-electron chi connectivity index (χ2n) is 2.70. The summed E-state index contributed by atoms with van der Waals surface area (Å²) in [6.07, 6.45) is 2.93. The second-order valence-corrected chi connectivity index (χ2v) is 3.55. The predicted molar refractivity (Wildman–Crippen MR) is 56.0 cm³/mol. The third-order valence-corrected chi connectivity index (χ3v) is 2.24. The molecule has 0 aliphatic rings. The van der Waals surface area contributed by atoms with Crippen molar-refractivity contribution in [1.29, 1.82) is 5.26 Å². The van der Waals surface area contributed by atoms with Gasteiger partial charge in [0.2, 0.25) is 0 Å². The molecule has 2 aromatic heterocycles. The molecule has 0 aromatic carbocycles. The van der Waals surface area contributed by atoms with E-state index in [9.17, 15) is 0 Å². The van der Waals surface area contributed by atoms with Gasteiger partial charge < -0.3 is 5.73 Å². The zero-order chi connectivity index (χ0) is 10.8. The lowest BCUT2D eigenvalue weighted by Crippen LogP contribution is -2.00. The quantitative estimate of drug-likeness (QED) is 0.825. The number of nitrogens with zero attached hydrogens (tertiary/aromatic N) is 5. The Morgan fingerprint density at radius 2 is 2.27 bits per heavy atom. The van der Waals surface area contributed by atoms with Gasteiger partial charge in [-0.1, -0.05) is 0 Å². The van der Waals surface area contributed by atoms with Crippen LogP contribution in [-0.2, 0) is 0 Å². The van der Waals surface area contributed by atoms with Crippen LogP contribution in [0.25, 0.3) is 5.82 Å². The molecule has 2 aromatic rings. The van der Waals surface area contributed by atoms with E-state index in [1.165, 1.54) is 17.2 Å². The Hall–Kier alpha value is -1.94. The Morgan fingerprint density at radius 1 is 1.47 bits per heavy atom. The number of nitrogens with two attached hydrogens (primary N) is 1. The van der Waals surface area contributed by atoms with Crippen LogP contribution in [0.1, 0.15) is 5.82 Å². The van der Waals surface area contributed by atoms with E-state index in [1.807, 2.05) is 6.07 Å². The summed E-state index contributed by atoms with van der Waals surface area (Å²) in [4.78, 5) is 7.85. The average molecular weight is 265 g/mol. The van der Waals surface area contributed by atoms with Gasteiger partial charge in [-0.15, -0.1) is 5.10 Å². The van der Waals surface area contributed by atoms with Crippen molar-refractivity contribution in [2.24, 2.45) is 0 Å². The van der Waals surface area contributed by atoms with Crippen molar-refractivity contribution in [1.82, 2.24) is 19.7 Å². The van der Waals surface area contributed by atoms with Gasteiger partial charge in [-0.05, 0) is 22.0 Å². The molecule has 0 radical (unpaired) electrons. The number of anilines is 1. The van der Waals surface area contributed by atoms with Crippen molar-refractivity contribution < 1.29 is 0 Å². The molecular formula is C8H5BrN6. The third-order valence-electron chi connectivity index (χ3n) is 1.65. The molecule has 74 valence electrons. The lowest BCUT2D eigenvalue weighted by Gasteiger charge is -2.02. The zero-order valence-corrected chi connectivity index (χ0v) is 9.01. The lowest BCUT2D eigenvalue weighted by atomic mass is 10.4. The van der Waals surface area contributed by atoms with E-state index in [0.29, 0.717) is 16.0 Å². The molecule has 2 N–H and O–H groups in total. The van der Waals surface area contributed by atoms with Crippen LogP contribution in [0.2, 0.25) is 0 Å². The summed E-state index contributed by atoms with van der Waals surface area (Å²) >= 11 is 3.30. The minimum absolute atomic E-state index is 0.0977. The number of pyridine rings is 1. The molecule has 0 atom stereocenters. The van der Waals surface area contributed by atoms with Crippen LogP contribution in [0.4, 0.5) is 5.69 Å². The van der Waals surface area contributed by atoms with Crippen LogP contribution in [0.3, 0.4) is 0 Å². The summed E-state index contributed by atoms with van der Waals surface area (Å²) in [6.45, 7) is 0. The highest BCUT2D eigenvalue weighted by Gasteiger charge is 2.07. The van der Waals surface area contributed by atoms with E-state index in [2.05, 4.69) is 31.0 Å². The largest absolute Gasteiger partial charge is 0.397 e. The molecule has 7 heteroatoms. The predicted octanol–water partition coefficient (Wildman–Crippen LogP) is 0.879. The Balaban J connectivity index is 2.50. The van der Waals surface area contributed by atoms with Gasteiger partial charge in [0.05, 0.1) is 16.4 Å². The van der Waals surface area contributed by atoms with Gasteiger partial charge >= 0.3 is 0 Å². The van der Waals surface area contributed by atoms with Gasteiger partial charge in [-0.25, -0.2) is 14.6 Å². The van der Waals surface area contributed by atoms with Crippen molar-refractivity contribution in [3.8, 4) is 11.9 Å². The number of halogens is 1. The van der Waals surface area contributed by atoms with Crippen LogP contribution in [0, 0.1) is 11.3 Å². The number of nitriles is 1. The van der Waals surface area contributed by atoms with E-state index in [4.69, 9.17) is 11.0 Å². The smallest absolute Gasteiger partial charge is 0.252 e. The minimum Gasteiger partial charge on any atom is -0.397 e. The summed E-state index contributed by atoms with van der Waals surface area (Å²) < 4.78 is 2.10. The Bertz CT molecular complexity index is 540. The highest BCUT2D eigenvalue weighted by Crippen LogP contribution is 2.19. The fourth-order valence-corrected chi connectivity index (χ4v) is 1.58. The first kappa shape index (κ1) is 9.61. The van der Waals surface area contributed by atoms with Gasteiger partial charge in [0.25, 0.3) is 5.82 Å². The van der Waals surface area contributed by atoms with Crippen LogP contribution >= 0.6 is 15.9 Å². The summed E-state index contributed by atoms with van der Waals surface area (Å²) in [6, 6.07) is 3.54. The Kier molecular flexibility index (Phi) is 2.35. The summed E-state index contributed by atoms with van der Waals surface area (Å²) in [5.41, 5.74) is 6.09. The molecule has 0 amide bonds. The van der Waals surface area contributed by atoms with E-state index in [0.717, 1.165) is 0 Å². The molecule has 6 nitrogen and oxygen atoms in total. The SMILES string of the molecule is N#Cc1ncn(-c2ncc(N)cc2Br)n1. The molecule has 0 aliphatic carbocycles. The number of nitrogen functional groups attached to an aromatic ring is 1. The van der Waals surface area contributed by atoms with Crippen molar-refractivity contribution in [2.45, 2.75) is 0 Å². The first-order valence-corrected chi connectivity index (χ1v) is 4.73. The van der Waals surface area contributed by atoms with E-state index in [1.54, 1.807) is 6.07 Å². The fourth-order valence-electron chi connectivity index (χ4n) is 1.03. The van der Waals surface area contributed by atoms with Crippen LogP contribution in [-0.4, -0.2) is 19.7 Å². The maximum atomic E-state index is 8.57. The maximum absolute atomic E-state index is 8.57. The fraction of sp³-hybridized carbons (Fsp3) is 0. The monoisotopic (exact) mass is 264 g/mol. The summed E-state index contributed by atoms with van der Waals surface area (Å²) in [5, 5.41) is 12.5. The zero-order valence-electron chi connectivity index (χ0n) is 7.42.